The van der Waals surface area contributed by atoms with Crippen LogP contribution < -0.4 is 0 Å². The molecular formula is C16H27N5O. The molecule has 22 heavy (non-hydrogen) atoms. The highest BCUT2D eigenvalue weighted by Crippen LogP contribution is 2.24. The topological polar surface area (TPSA) is 44.6 Å². The maximum atomic E-state index is 12.4. The standard InChI is InChI=1S/C16H27N5O/c1-4-21(13-6-9-18(2)10-7-13)14-11-20(12-14)16(22)15-5-8-17-19(15)3/h5,8,13-14H,4,6-7,9-12H2,1-3H3. The lowest BCUT2D eigenvalue weighted by atomic mass is 9.98. The molecule has 0 atom stereocenters. The molecule has 0 aromatic carbocycles. The number of hydrogen-bond acceptors (Lipinski definition) is 4. The van der Waals surface area contributed by atoms with E-state index in [-0.39, 0.29) is 5.91 Å². The van der Waals surface area contributed by atoms with Gasteiger partial charge in [-0.3, -0.25) is 14.4 Å². The van der Waals surface area contributed by atoms with Crippen LogP contribution in [0.3, 0.4) is 0 Å². The average molecular weight is 305 g/mol. The molecule has 0 bridgehead atoms. The third kappa shape index (κ3) is 2.90. The summed E-state index contributed by atoms with van der Waals surface area (Å²) in [7, 11) is 4.02. The first-order valence-corrected chi connectivity index (χ1v) is 8.31. The number of aryl methyl sites for hydroxylation is 1. The predicted octanol–water partition coefficient (Wildman–Crippen LogP) is 0.661. The molecule has 1 amide bonds. The fraction of sp³-hybridized carbons (Fsp3) is 0.750. The minimum atomic E-state index is 0.107. The van der Waals surface area contributed by atoms with Crippen LogP contribution in [0.4, 0.5) is 0 Å². The van der Waals surface area contributed by atoms with E-state index in [1.54, 1.807) is 16.9 Å². The van der Waals surface area contributed by atoms with E-state index in [1.807, 2.05) is 11.9 Å². The number of amides is 1. The van der Waals surface area contributed by atoms with Gasteiger partial charge in [-0.1, -0.05) is 6.92 Å². The van der Waals surface area contributed by atoms with E-state index in [2.05, 4.69) is 28.9 Å². The summed E-state index contributed by atoms with van der Waals surface area (Å²) >= 11 is 0. The summed E-state index contributed by atoms with van der Waals surface area (Å²) in [6, 6.07) is 3.00. The van der Waals surface area contributed by atoms with Crippen LogP contribution >= 0.6 is 0 Å². The molecule has 0 N–H and O–H groups in total. The van der Waals surface area contributed by atoms with Crippen molar-refractivity contribution >= 4 is 5.91 Å². The SMILES string of the molecule is CCN(C1CCN(C)CC1)C1CN(C(=O)c2ccnn2C)C1. The van der Waals surface area contributed by atoms with Crippen LogP contribution in [0.2, 0.25) is 0 Å². The Morgan fingerprint density at radius 1 is 1.27 bits per heavy atom. The first kappa shape index (κ1) is 15.5. The van der Waals surface area contributed by atoms with Crippen molar-refractivity contribution in [3.8, 4) is 0 Å². The number of nitrogens with zero attached hydrogens (tertiary/aromatic N) is 5. The van der Waals surface area contributed by atoms with Gasteiger partial charge in [-0.05, 0) is 45.6 Å². The summed E-state index contributed by atoms with van der Waals surface area (Å²) in [4.78, 5) is 19.4. The van der Waals surface area contributed by atoms with Crippen LogP contribution in [0.1, 0.15) is 30.3 Å². The molecule has 0 aliphatic carbocycles. The van der Waals surface area contributed by atoms with Gasteiger partial charge in [0.25, 0.3) is 5.91 Å². The summed E-state index contributed by atoms with van der Waals surface area (Å²) in [5.74, 6) is 0.107. The van der Waals surface area contributed by atoms with Crippen LogP contribution in [0, 0.1) is 0 Å². The molecule has 2 aliphatic rings. The Labute approximate surface area is 132 Å². The highest BCUT2D eigenvalue weighted by atomic mass is 16.2. The molecule has 122 valence electrons. The molecule has 6 heteroatoms. The molecule has 6 nitrogen and oxygen atoms in total. The van der Waals surface area contributed by atoms with E-state index in [0.717, 1.165) is 19.6 Å². The molecule has 3 rings (SSSR count). The van der Waals surface area contributed by atoms with E-state index in [0.29, 0.717) is 17.8 Å². The lowest BCUT2D eigenvalue weighted by Gasteiger charge is -2.49. The van der Waals surface area contributed by atoms with Crippen LogP contribution in [0.15, 0.2) is 12.3 Å². The van der Waals surface area contributed by atoms with Gasteiger partial charge in [-0.15, -0.1) is 0 Å². The Balaban J connectivity index is 1.55. The second-order valence-corrected chi connectivity index (χ2v) is 6.57. The third-order valence-electron chi connectivity index (χ3n) is 5.18. The maximum Gasteiger partial charge on any atom is 0.272 e. The van der Waals surface area contributed by atoms with Gasteiger partial charge in [0.15, 0.2) is 0 Å². The molecule has 0 radical (unpaired) electrons. The second kappa shape index (κ2) is 6.38. The smallest absolute Gasteiger partial charge is 0.272 e. The Kier molecular flexibility index (Phi) is 4.49. The van der Waals surface area contributed by atoms with Crippen LogP contribution in [0.25, 0.3) is 0 Å². The first-order valence-electron chi connectivity index (χ1n) is 8.31. The third-order valence-corrected chi connectivity index (χ3v) is 5.18. The van der Waals surface area contributed by atoms with Crippen molar-refractivity contribution in [2.24, 2.45) is 7.05 Å². The number of carbonyl (C=O) groups is 1. The van der Waals surface area contributed by atoms with E-state index in [1.165, 1.54) is 25.9 Å². The number of hydrogen-bond donors (Lipinski definition) is 0. The van der Waals surface area contributed by atoms with Crippen LogP contribution in [-0.4, -0.2) is 82.2 Å². The van der Waals surface area contributed by atoms with E-state index in [9.17, 15) is 4.79 Å². The summed E-state index contributed by atoms with van der Waals surface area (Å²) < 4.78 is 1.66. The molecule has 2 aliphatic heterocycles. The van der Waals surface area contributed by atoms with Crippen molar-refractivity contribution in [3.05, 3.63) is 18.0 Å². The number of piperidine rings is 1. The average Bonchev–Trinajstić information content (AvgIpc) is 2.89. The molecule has 3 heterocycles. The second-order valence-electron chi connectivity index (χ2n) is 6.57. The van der Waals surface area contributed by atoms with Gasteiger partial charge in [-0.2, -0.15) is 5.10 Å². The number of likely N-dealkylation sites (N-methyl/N-ethyl adjacent to an activating group) is 1. The van der Waals surface area contributed by atoms with Crippen molar-refractivity contribution in [1.29, 1.82) is 0 Å². The van der Waals surface area contributed by atoms with Crippen LogP contribution in [0.5, 0.6) is 0 Å². The predicted molar refractivity (Wildman–Crippen MR) is 85.8 cm³/mol. The van der Waals surface area contributed by atoms with Gasteiger partial charge < -0.3 is 9.80 Å². The van der Waals surface area contributed by atoms with Gasteiger partial charge >= 0.3 is 0 Å². The van der Waals surface area contributed by atoms with Crippen molar-refractivity contribution in [3.63, 3.8) is 0 Å². The molecule has 1 aromatic heterocycles. The van der Waals surface area contributed by atoms with E-state index < -0.39 is 0 Å². The Morgan fingerprint density at radius 2 is 1.95 bits per heavy atom. The van der Waals surface area contributed by atoms with Gasteiger partial charge in [0.2, 0.25) is 0 Å². The zero-order valence-electron chi connectivity index (χ0n) is 13.9. The summed E-state index contributed by atoms with van der Waals surface area (Å²) in [6.07, 6.45) is 4.18. The fourth-order valence-corrected chi connectivity index (χ4v) is 3.72. The van der Waals surface area contributed by atoms with Gasteiger partial charge in [0.05, 0.1) is 0 Å². The van der Waals surface area contributed by atoms with Crippen molar-refractivity contribution in [2.75, 3.05) is 39.8 Å². The Bertz CT molecular complexity index is 514. The largest absolute Gasteiger partial charge is 0.334 e. The lowest BCUT2D eigenvalue weighted by molar-refractivity contribution is -0.000522. The number of carbonyl (C=O) groups excluding carboxylic acids is 1. The van der Waals surface area contributed by atoms with Crippen molar-refractivity contribution in [2.45, 2.75) is 31.8 Å². The minimum Gasteiger partial charge on any atom is -0.334 e. The number of likely N-dealkylation sites (tertiary alicyclic amines) is 2. The van der Waals surface area contributed by atoms with Gasteiger partial charge in [0, 0.05) is 38.4 Å². The van der Waals surface area contributed by atoms with E-state index in [4.69, 9.17) is 0 Å². The van der Waals surface area contributed by atoms with Gasteiger partial charge in [0.1, 0.15) is 5.69 Å². The highest BCUT2D eigenvalue weighted by Gasteiger charge is 2.38. The van der Waals surface area contributed by atoms with Gasteiger partial charge in [-0.25, -0.2) is 0 Å². The maximum absolute atomic E-state index is 12.4. The fourth-order valence-electron chi connectivity index (χ4n) is 3.72. The Morgan fingerprint density at radius 3 is 2.50 bits per heavy atom. The molecule has 0 unspecified atom stereocenters. The highest BCUT2D eigenvalue weighted by molar-refractivity contribution is 5.93. The molecule has 2 saturated heterocycles. The van der Waals surface area contributed by atoms with Crippen LogP contribution in [-0.2, 0) is 7.05 Å². The molecular weight excluding hydrogens is 278 g/mol. The van der Waals surface area contributed by atoms with Crippen molar-refractivity contribution in [1.82, 2.24) is 24.5 Å². The summed E-state index contributed by atoms with van der Waals surface area (Å²) in [5.41, 5.74) is 0.681. The zero-order chi connectivity index (χ0) is 15.7. The lowest BCUT2D eigenvalue weighted by Crippen LogP contribution is -2.64. The molecule has 1 aromatic rings. The summed E-state index contributed by atoms with van der Waals surface area (Å²) in [6.45, 7) is 7.39. The number of aromatic nitrogens is 2. The Hall–Kier alpha value is -1.40. The first-order chi connectivity index (χ1) is 10.6. The molecule has 2 fully saturated rings. The quantitative estimate of drug-likeness (QED) is 0.820. The number of rotatable bonds is 4. The molecule has 0 saturated carbocycles. The van der Waals surface area contributed by atoms with Crippen molar-refractivity contribution < 1.29 is 4.79 Å². The normalized spacial score (nSPS) is 21.4. The van der Waals surface area contributed by atoms with E-state index >= 15 is 0 Å². The monoisotopic (exact) mass is 305 g/mol. The molecule has 0 spiro atoms. The minimum absolute atomic E-state index is 0.107. The zero-order valence-corrected chi connectivity index (χ0v) is 13.9. The summed E-state index contributed by atoms with van der Waals surface area (Å²) in [5, 5.41) is 4.08.